The molecule has 1 atom stereocenters. The second-order valence-electron chi connectivity index (χ2n) is 13.8. The van der Waals surface area contributed by atoms with E-state index < -0.39 is 21.0 Å². The third-order valence-corrected chi connectivity index (χ3v) is 13.1. The number of fused-ring (bicyclic) bond motifs is 12. The molecular formula is C39H19F5N8S2+2. The quantitative estimate of drug-likeness (QED) is 0.132. The highest BCUT2D eigenvalue weighted by Gasteiger charge is 2.70. The molecule has 0 saturated heterocycles. The number of halogens is 5. The molecule has 8 nitrogen and oxygen atoms in total. The van der Waals surface area contributed by atoms with Gasteiger partial charge < -0.3 is 0 Å². The van der Waals surface area contributed by atoms with Crippen LogP contribution in [0.1, 0.15) is 22.3 Å². The number of amidine groups is 4. The van der Waals surface area contributed by atoms with Crippen molar-refractivity contribution in [2.24, 2.45) is 20.0 Å². The zero-order valence-electron chi connectivity index (χ0n) is 27.3. The van der Waals surface area contributed by atoms with Crippen molar-refractivity contribution < 1.29 is 28.6 Å². The van der Waals surface area contributed by atoms with Crippen molar-refractivity contribution >= 4 is 78.5 Å². The van der Waals surface area contributed by atoms with Crippen LogP contribution in [0.3, 0.4) is 0 Å². The highest BCUT2D eigenvalue weighted by atomic mass is 32.5. The molecule has 2 aromatic heterocycles. The van der Waals surface area contributed by atoms with Gasteiger partial charge in [-0.2, -0.15) is 9.13 Å². The Bertz CT molecular complexity index is 3300. The van der Waals surface area contributed by atoms with Crippen LogP contribution in [0.2, 0.25) is 0 Å². The molecule has 13 rings (SSSR count). The van der Waals surface area contributed by atoms with Crippen molar-refractivity contribution in [3.63, 3.8) is 0 Å². The van der Waals surface area contributed by atoms with Crippen molar-refractivity contribution in [3.8, 4) is 0 Å². The smallest absolute Gasteiger partial charge is 0.192 e. The van der Waals surface area contributed by atoms with E-state index in [4.69, 9.17) is 20.0 Å². The minimum absolute atomic E-state index is 0.0207. The molecule has 0 radical (unpaired) electrons. The Morgan fingerprint density at radius 3 is 1.63 bits per heavy atom. The monoisotopic (exact) mass is 758 g/mol. The molecule has 0 amide bonds. The molecule has 0 saturated carbocycles. The highest BCUT2D eigenvalue weighted by molar-refractivity contribution is 8.45. The predicted molar refractivity (Wildman–Crippen MR) is 196 cm³/mol. The molecule has 15 heteroatoms. The highest BCUT2D eigenvalue weighted by Crippen LogP contribution is 3.02. The van der Waals surface area contributed by atoms with E-state index in [0.29, 0.717) is 56.9 Å². The van der Waals surface area contributed by atoms with Crippen LogP contribution in [-0.2, 0) is 5.91 Å². The van der Waals surface area contributed by atoms with Crippen LogP contribution in [0.4, 0.5) is 31.1 Å². The van der Waals surface area contributed by atoms with E-state index in [9.17, 15) is 0 Å². The third kappa shape index (κ3) is 3.23. The summed E-state index contributed by atoms with van der Waals surface area (Å²) in [5.74, 6) is 0.978. The van der Waals surface area contributed by atoms with Crippen molar-refractivity contribution in [1.29, 1.82) is 0 Å². The normalized spacial score (nSPS) is 20.4. The summed E-state index contributed by atoms with van der Waals surface area (Å²) in [5.41, 5.74) is 4.26. The standard InChI is InChI=1S/C39H19F5N8S2/c40-54(41,42,43,44)21-18-28-30(29(19-21)53-20-10-2-1-3-11-20)38-48-36-27-17-9-8-16-26(27)34-46-32-23-13-5-4-12-22(23)31-45-33-24-14-6-7-15-25(24)35-47-37(28)52(38)39(49(31)32,50(33)35)51(34)36/h1-19H/q+2/t39-/m0/s1. The lowest BCUT2D eigenvalue weighted by Gasteiger charge is -2.40. The maximum Gasteiger partial charge on any atom is 0.404 e. The van der Waals surface area contributed by atoms with Gasteiger partial charge in [-0.1, -0.05) is 106 Å². The Kier molecular flexibility index (Phi) is 4.58. The van der Waals surface area contributed by atoms with Gasteiger partial charge in [0.25, 0.3) is 23.3 Å². The van der Waals surface area contributed by atoms with Gasteiger partial charge in [-0.05, 0) is 60.7 Å². The van der Waals surface area contributed by atoms with Crippen LogP contribution >= 0.6 is 22.0 Å². The van der Waals surface area contributed by atoms with Crippen LogP contribution in [0.15, 0.2) is 150 Å². The Labute approximate surface area is 304 Å². The summed E-state index contributed by atoms with van der Waals surface area (Å²) in [6, 6.07) is 33.1. The molecule has 54 heavy (non-hydrogen) atoms. The molecule has 6 aliphatic heterocycles. The SMILES string of the molecule is FS(F)(F)(F)(F)c1cc(Sc2ccccc2)c2c3n4c(c2c1)N=C1c2ccccc2C2=[N+]1[C@]41n4c(c5ccccc5c4=NC4=[N+]1C(=N3)c1ccccc14)=N2. The number of hydrogen-bond acceptors (Lipinski definition) is 5. The summed E-state index contributed by atoms with van der Waals surface area (Å²) >= 11 is 0.979. The molecule has 0 aliphatic carbocycles. The molecule has 8 heterocycles. The summed E-state index contributed by atoms with van der Waals surface area (Å²) in [6.45, 7) is 0. The number of aromatic nitrogens is 2. The molecule has 5 aromatic carbocycles. The second-order valence-corrected chi connectivity index (χ2v) is 17.4. The van der Waals surface area contributed by atoms with E-state index in [1.165, 1.54) is 0 Å². The molecule has 7 aromatic rings. The third-order valence-electron chi connectivity index (χ3n) is 10.9. The average Bonchev–Trinajstić information content (AvgIpc) is 3.87. The first-order valence-corrected chi connectivity index (χ1v) is 19.7. The zero-order chi connectivity index (χ0) is 36.2. The van der Waals surface area contributed by atoms with Gasteiger partial charge in [0.1, 0.15) is 4.90 Å². The van der Waals surface area contributed by atoms with Crippen molar-refractivity contribution in [3.05, 3.63) is 148 Å². The molecule has 0 unspecified atom stereocenters. The molecule has 6 aliphatic rings. The van der Waals surface area contributed by atoms with Gasteiger partial charge in [0, 0.05) is 20.6 Å². The first-order valence-electron chi connectivity index (χ1n) is 16.9. The molecular weight excluding hydrogens is 740 g/mol. The summed E-state index contributed by atoms with van der Waals surface area (Å²) in [6.07, 6.45) is 0. The molecule has 0 N–H and O–H groups in total. The Balaban J connectivity index is 1.31. The van der Waals surface area contributed by atoms with Gasteiger partial charge in [0.05, 0.1) is 33.0 Å². The van der Waals surface area contributed by atoms with E-state index >= 15 is 19.4 Å². The van der Waals surface area contributed by atoms with E-state index in [2.05, 4.69) is 0 Å². The average molecular weight is 759 g/mol. The lowest BCUT2D eigenvalue weighted by molar-refractivity contribution is -0.790. The number of nitrogens with zero attached hydrogens (tertiary/aromatic N) is 8. The number of aliphatic imine (C=N–C) groups is 2. The number of rotatable bonds is 3. The van der Waals surface area contributed by atoms with E-state index in [1.54, 1.807) is 30.3 Å². The lowest BCUT2D eigenvalue weighted by Crippen LogP contribution is -2.71. The summed E-state index contributed by atoms with van der Waals surface area (Å²) in [7, 11) is -10.2. The molecule has 0 fully saturated rings. The van der Waals surface area contributed by atoms with Crippen molar-refractivity contribution in [2.75, 3.05) is 0 Å². The Morgan fingerprint density at radius 2 is 1.06 bits per heavy atom. The fourth-order valence-corrected chi connectivity index (χ4v) is 10.7. The van der Waals surface area contributed by atoms with Gasteiger partial charge in [-0.25, -0.2) is 0 Å². The maximum absolute atomic E-state index is 15.0. The minimum Gasteiger partial charge on any atom is -0.192 e. The largest absolute Gasteiger partial charge is 0.404 e. The fourth-order valence-electron chi connectivity index (χ4n) is 8.91. The van der Waals surface area contributed by atoms with E-state index in [-0.39, 0.29) is 27.3 Å². The van der Waals surface area contributed by atoms with Gasteiger partial charge in [0.2, 0.25) is 22.6 Å². The minimum atomic E-state index is -10.2. The molecule has 0 bridgehead atoms. The number of benzene rings is 5. The summed E-state index contributed by atoms with van der Waals surface area (Å²) in [4.78, 5) is 19.6. The summed E-state index contributed by atoms with van der Waals surface area (Å²) < 4.78 is 82.9. The van der Waals surface area contributed by atoms with Gasteiger partial charge in [0.15, 0.2) is 0 Å². The first-order chi connectivity index (χ1) is 25.9. The van der Waals surface area contributed by atoms with Gasteiger partial charge in [-0.3, -0.25) is 0 Å². The maximum atomic E-state index is 15.0. The van der Waals surface area contributed by atoms with Crippen LogP contribution < -0.4 is 11.0 Å². The second kappa shape index (κ2) is 8.45. The molecule has 260 valence electrons. The van der Waals surface area contributed by atoms with Gasteiger partial charge in [-0.15, -0.1) is 9.15 Å². The fraction of sp³-hybridized carbons (Fsp3) is 0.0256. The summed E-state index contributed by atoms with van der Waals surface area (Å²) in [5, 5.41) is 1.84. The molecule has 1 spiro atoms. The number of hydrogen-bond donors (Lipinski definition) is 0. The van der Waals surface area contributed by atoms with Gasteiger partial charge >= 0.3 is 16.1 Å². The van der Waals surface area contributed by atoms with Crippen molar-refractivity contribution in [2.45, 2.75) is 20.6 Å². The van der Waals surface area contributed by atoms with E-state index in [1.807, 2.05) is 91.1 Å². The Hall–Kier alpha value is -6.19. The van der Waals surface area contributed by atoms with Crippen LogP contribution in [-0.4, -0.2) is 41.6 Å². The topological polar surface area (TPSA) is 65.3 Å². The van der Waals surface area contributed by atoms with Crippen LogP contribution in [0.25, 0.3) is 21.5 Å². The van der Waals surface area contributed by atoms with Crippen LogP contribution in [0.5, 0.6) is 0 Å². The van der Waals surface area contributed by atoms with E-state index in [0.717, 1.165) is 39.2 Å². The van der Waals surface area contributed by atoms with Crippen LogP contribution in [0, 0.1) is 0 Å². The predicted octanol–water partition coefficient (Wildman–Crippen LogP) is 8.52. The Morgan fingerprint density at radius 1 is 0.537 bits per heavy atom. The first kappa shape index (κ1) is 29.3. The zero-order valence-corrected chi connectivity index (χ0v) is 28.9. The lowest BCUT2D eigenvalue weighted by atomic mass is 10.1. The van der Waals surface area contributed by atoms with Crippen molar-refractivity contribution in [1.82, 2.24) is 9.13 Å².